The fourth-order valence-electron chi connectivity index (χ4n) is 2.51. The second-order valence-corrected chi connectivity index (χ2v) is 9.83. The van der Waals surface area contributed by atoms with Gasteiger partial charge in [0.1, 0.15) is 4.75 Å². The zero-order valence-electron chi connectivity index (χ0n) is 15.5. The van der Waals surface area contributed by atoms with Crippen LogP contribution < -0.4 is 5.32 Å². The predicted molar refractivity (Wildman–Crippen MR) is 95.9 cm³/mol. The molecule has 1 aromatic heterocycles. The molecule has 2 atom stereocenters. The molecule has 0 aliphatic carbocycles. The number of carbonyl (C=O) groups is 1. The highest BCUT2D eigenvalue weighted by Crippen LogP contribution is 2.29. The van der Waals surface area contributed by atoms with Crippen molar-refractivity contribution in [1.82, 2.24) is 5.16 Å². The molecule has 1 aliphatic heterocycles. The van der Waals surface area contributed by atoms with Crippen LogP contribution in [-0.2, 0) is 25.7 Å². The van der Waals surface area contributed by atoms with Crippen LogP contribution >= 0.6 is 0 Å². The Balaban J connectivity index is 2.08. The molecule has 1 saturated heterocycles. The van der Waals surface area contributed by atoms with E-state index in [1.54, 1.807) is 26.8 Å². The van der Waals surface area contributed by atoms with Gasteiger partial charge in [-0.15, -0.1) is 0 Å². The molecule has 2 rings (SSSR count). The summed E-state index contributed by atoms with van der Waals surface area (Å²) in [5, 5.41) is 16.4. The molecule has 0 radical (unpaired) electrons. The summed E-state index contributed by atoms with van der Waals surface area (Å²) in [6.07, 6.45) is 0.759. The van der Waals surface area contributed by atoms with Crippen LogP contribution in [0.25, 0.3) is 0 Å². The van der Waals surface area contributed by atoms with Crippen LogP contribution in [0.15, 0.2) is 10.6 Å². The fraction of sp³-hybridized carbons (Fsp3) is 0.765. The minimum atomic E-state index is -1.33. The quantitative estimate of drug-likeness (QED) is 0.792. The summed E-state index contributed by atoms with van der Waals surface area (Å²) in [4.78, 5) is 12.6. The molecule has 0 aromatic carbocycles. The van der Waals surface area contributed by atoms with E-state index in [2.05, 4.69) is 10.5 Å². The van der Waals surface area contributed by atoms with Crippen molar-refractivity contribution in [2.24, 2.45) is 0 Å². The molecule has 0 spiro atoms. The van der Waals surface area contributed by atoms with Crippen LogP contribution in [-0.4, -0.2) is 49.7 Å². The van der Waals surface area contributed by atoms with Gasteiger partial charge in [-0.2, -0.15) is 0 Å². The number of aromatic nitrogens is 1. The number of ether oxygens (including phenoxy) is 1. The molecule has 25 heavy (non-hydrogen) atoms. The van der Waals surface area contributed by atoms with Crippen LogP contribution in [0, 0.1) is 0 Å². The second-order valence-electron chi connectivity index (χ2n) is 7.55. The van der Waals surface area contributed by atoms with Crippen molar-refractivity contribution in [2.45, 2.75) is 69.0 Å². The number of rotatable bonds is 6. The summed E-state index contributed by atoms with van der Waals surface area (Å²) in [6, 6.07) is 1.60. The van der Waals surface area contributed by atoms with E-state index in [1.807, 2.05) is 13.8 Å². The molecule has 7 nitrogen and oxygen atoms in total. The molecule has 2 N–H and O–H groups in total. The normalized spacial score (nSPS) is 19.4. The van der Waals surface area contributed by atoms with E-state index in [0.29, 0.717) is 31.7 Å². The van der Waals surface area contributed by atoms with Gasteiger partial charge in [0, 0.05) is 40.7 Å². The van der Waals surface area contributed by atoms with Gasteiger partial charge in [0.15, 0.2) is 0 Å². The fourth-order valence-corrected chi connectivity index (χ4v) is 4.20. The van der Waals surface area contributed by atoms with Gasteiger partial charge in [-0.1, -0.05) is 19.0 Å². The highest BCUT2D eigenvalue weighted by atomic mass is 32.2. The summed E-state index contributed by atoms with van der Waals surface area (Å²) in [6.45, 7) is 9.85. The number of aliphatic hydroxyl groups excluding tert-OH is 1. The minimum absolute atomic E-state index is 0.0473. The number of anilines is 1. The molecule has 1 aliphatic rings. The standard InChI is InChI=1S/C17H28N2O5S/c1-11(20)16(2,3)13-10-14(24-19-13)18-15(21)17(4,5)25(22)12-6-8-23-9-7-12/h10-12,20H,6-9H2,1-5H3,(H,18,21). The monoisotopic (exact) mass is 372 g/mol. The van der Waals surface area contributed by atoms with E-state index in [-0.39, 0.29) is 17.0 Å². The average Bonchev–Trinajstić information content (AvgIpc) is 3.04. The van der Waals surface area contributed by atoms with E-state index in [1.165, 1.54) is 0 Å². The smallest absolute Gasteiger partial charge is 0.245 e. The number of hydrogen-bond acceptors (Lipinski definition) is 6. The molecule has 1 amide bonds. The maximum Gasteiger partial charge on any atom is 0.245 e. The van der Waals surface area contributed by atoms with Gasteiger partial charge in [-0.25, -0.2) is 0 Å². The van der Waals surface area contributed by atoms with Crippen LogP contribution in [0.4, 0.5) is 5.88 Å². The Hall–Kier alpha value is -1.25. The molecule has 0 saturated carbocycles. The van der Waals surface area contributed by atoms with E-state index < -0.39 is 27.1 Å². The molecular weight excluding hydrogens is 344 g/mol. The van der Waals surface area contributed by atoms with Crippen molar-refractivity contribution in [3.05, 3.63) is 11.8 Å². The number of amides is 1. The predicted octanol–water partition coefficient (Wildman–Crippen LogP) is 1.98. The molecule has 0 bridgehead atoms. The Morgan fingerprint density at radius 1 is 1.36 bits per heavy atom. The second kappa shape index (κ2) is 7.55. The third-order valence-corrected chi connectivity index (χ3v) is 7.24. The third kappa shape index (κ3) is 4.30. The maximum atomic E-state index is 12.8. The molecule has 1 fully saturated rings. The lowest BCUT2D eigenvalue weighted by Crippen LogP contribution is -2.46. The van der Waals surface area contributed by atoms with Crippen LogP contribution in [0.1, 0.15) is 53.2 Å². The lowest BCUT2D eigenvalue weighted by atomic mass is 9.84. The first-order chi connectivity index (χ1) is 11.6. The minimum Gasteiger partial charge on any atom is -0.392 e. The molecule has 2 heterocycles. The lowest BCUT2D eigenvalue weighted by molar-refractivity contribution is -0.117. The Kier molecular flexibility index (Phi) is 6.06. The molecule has 1 aromatic rings. The Labute approximate surface area is 150 Å². The van der Waals surface area contributed by atoms with Crippen LogP contribution in [0.5, 0.6) is 0 Å². The first kappa shape index (κ1) is 20.1. The summed E-state index contributed by atoms with van der Waals surface area (Å²) in [5.74, 6) is -0.194. The first-order valence-electron chi connectivity index (χ1n) is 8.52. The third-order valence-electron chi connectivity index (χ3n) is 4.97. The van der Waals surface area contributed by atoms with Gasteiger partial charge in [0.25, 0.3) is 0 Å². The van der Waals surface area contributed by atoms with E-state index in [4.69, 9.17) is 9.26 Å². The largest absolute Gasteiger partial charge is 0.392 e. The Bertz CT molecular complexity index is 633. The zero-order valence-corrected chi connectivity index (χ0v) is 16.3. The summed E-state index contributed by atoms with van der Waals surface area (Å²) in [5.41, 5.74) is -0.0615. The van der Waals surface area contributed by atoms with E-state index >= 15 is 0 Å². The number of nitrogens with zero attached hydrogens (tertiary/aromatic N) is 1. The highest BCUT2D eigenvalue weighted by Gasteiger charge is 2.40. The summed E-state index contributed by atoms with van der Waals surface area (Å²) < 4.78 is 22.2. The molecule has 8 heteroatoms. The van der Waals surface area contributed by atoms with E-state index in [9.17, 15) is 14.1 Å². The summed E-state index contributed by atoms with van der Waals surface area (Å²) >= 11 is 0. The Morgan fingerprint density at radius 2 is 1.96 bits per heavy atom. The number of carbonyl (C=O) groups excluding carboxylic acids is 1. The topological polar surface area (TPSA) is 102 Å². The number of aliphatic hydroxyl groups is 1. The average molecular weight is 372 g/mol. The van der Waals surface area contributed by atoms with E-state index in [0.717, 1.165) is 0 Å². The van der Waals surface area contributed by atoms with Gasteiger partial charge in [0.2, 0.25) is 11.8 Å². The molecule has 2 unspecified atom stereocenters. The molecule has 142 valence electrons. The van der Waals surface area contributed by atoms with Gasteiger partial charge in [-0.05, 0) is 33.6 Å². The van der Waals surface area contributed by atoms with Crippen molar-refractivity contribution in [1.29, 1.82) is 0 Å². The first-order valence-corrected chi connectivity index (χ1v) is 9.73. The maximum absolute atomic E-state index is 12.8. The van der Waals surface area contributed by atoms with Gasteiger partial charge in [0.05, 0.1) is 11.8 Å². The zero-order chi connectivity index (χ0) is 18.8. The summed E-state index contributed by atoms with van der Waals surface area (Å²) in [7, 11) is -1.33. The van der Waals surface area contributed by atoms with Gasteiger partial charge < -0.3 is 14.4 Å². The lowest BCUT2D eigenvalue weighted by Gasteiger charge is -2.30. The van der Waals surface area contributed by atoms with Gasteiger partial charge in [-0.3, -0.25) is 14.3 Å². The van der Waals surface area contributed by atoms with Crippen molar-refractivity contribution in [3.8, 4) is 0 Å². The van der Waals surface area contributed by atoms with Crippen molar-refractivity contribution >= 4 is 22.6 Å². The van der Waals surface area contributed by atoms with Crippen LogP contribution in [0.3, 0.4) is 0 Å². The van der Waals surface area contributed by atoms with Crippen molar-refractivity contribution < 1.29 is 23.4 Å². The highest BCUT2D eigenvalue weighted by molar-refractivity contribution is 7.87. The van der Waals surface area contributed by atoms with Gasteiger partial charge >= 0.3 is 0 Å². The molecular formula is C17H28N2O5S. The van der Waals surface area contributed by atoms with Crippen molar-refractivity contribution in [2.75, 3.05) is 18.5 Å². The number of hydrogen-bond donors (Lipinski definition) is 2. The number of nitrogens with one attached hydrogen (secondary N) is 1. The SMILES string of the molecule is CC(O)C(C)(C)c1cc(NC(=O)C(C)(C)S(=O)C2CCOCC2)on1. The Morgan fingerprint density at radius 3 is 2.52 bits per heavy atom. The van der Waals surface area contributed by atoms with Crippen LogP contribution in [0.2, 0.25) is 0 Å². The van der Waals surface area contributed by atoms with Crippen molar-refractivity contribution in [3.63, 3.8) is 0 Å².